The van der Waals surface area contributed by atoms with Crippen LogP contribution in [0, 0.1) is 5.92 Å². The van der Waals surface area contributed by atoms with Gasteiger partial charge in [0.2, 0.25) is 5.91 Å². The SMILES string of the molecule is COc1ccc(NC(=O)N2CCN([C@H](C(=O)NC(C)C)C3CCCC3)CC2)cc1. The number of benzene rings is 1. The lowest BCUT2D eigenvalue weighted by atomic mass is 9.94. The Morgan fingerprint density at radius 3 is 2.21 bits per heavy atom. The van der Waals surface area contributed by atoms with Gasteiger partial charge < -0.3 is 20.3 Å². The molecule has 7 nitrogen and oxygen atoms in total. The minimum Gasteiger partial charge on any atom is -0.497 e. The van der Waals surface area contributed by atoms with Crippen molar-refractivity contribution < 1.29 is 14.3 Å². The van der Waals surface area contributed by atoms with Crippen LogP contribution < -0.4 is 15.4 Å². The van der Waals surface area contributed by atoms with Crippen molar-refractivity contribution in [2.75, 3.05) is 38.6 Å². The number of nitrogens with zero attached hydrogens (tertiary/aromatic N) is 2. The first-order valence-corrected chi connectivity index (χ1v) is 10.7. The summed E-state index contributed by atoms with van der Waals surface area (Å²) in [7, 11) is 1.62. The normalized spacial score (nSPS) is 19.2. The zero-order valence-electron chi connectivity index (χ0n) is 17.8. The summed E-state index contributed by atoms with van der Waals surface area (Å²) in [5, 5.41) is 6.05. The number of piperazine rings is 1. The van der Waals surface area contributed by atoms with E-state index in [1.54, 1.807) is 7.11 Å². The second kappa shape index (κ2) is 9.96. The molecule has 2 fully saturated rings. The topological polar surface area (TPSA) is 73.9 Å². The lowest BCUT2D eigenvalue weighted by Crippen LogP contribution is -2.59. The van der Waals surface area contributed by atoms with Crippen LogP contribution in [0.3, 0.4) is 0 Å². The number of hydrogen-bond acceptors (Lipinski definition) is 4. The van der Waals surface area contributed by atoms with E-state index in [1.165, 1.54) is 12.8 Å². The molecule has 3 amide bonds. The highest BCUT2D eigenvalue weighted by molar-refractivity contribution is 5.89. The highest BCUT2D eigenvalue weighted by Crippen LogP contribution is 2.31. The molecule has 1 saturated heterocycles. The Morgan fingerprint density at radius 1 is 1.03 bits per heavy atom. The second-order valence-corrected chi connectivity index (χ2v) is 8.33. The number of ether oxygens (including phenoxy) is 1. The van der Waals surface area contributed by atoms with Gasteiger partial charge in [0.1, 0.15) is 5.75 Å². The lowest BCUT2D eigenvalue weighted by molar-refractivity contribution is -0.129. The Balaban J connectivity index is 1.56. The van der Waals surface area contributed by atoms with Gasteiger partial charge in [-0.25, -0.2) is 4.79 Å². The van der Waals surface area contributed by atoms with Gasteiger partial charge in [-0.1, -0.05) is 12.8 Å². The van der Waals surface area contributed by atoms with E-state index >= 15 is 0 Å². The second-order valence-electron chi connectivity index (χ2n) is 8.33. The molecule has 1 aromatic carbocycles. The summed E-state index contributed by atoms with van der Waals surface area (Å²) in [5.41, 5.74) is 0.748. The van der Waals surface area contributed by atoms with Gasteiger partial charge >= 0.3 is 6.03 Å². The van der Waals surface area contributed by atoms with E-state index in [9.17, 15) is 9.59 Å². The number of rotatable bonds is 6. The van der Waals surface area contributed by atoms with Crippen molar-refractivity contribution in [2.45, 2.75) is 51.6 Å². The summed E-state index contributed by atoms with van der Waals surface area (Å²) < 4.78 is 5.15. The van der Waals surface area contributed by atoms with Gasteiger partial charge in [0.05, 0.1) is 13.2 Å². The zero-order valence-corrected chi connectivity index (χ0v) is 17.8. The van der Waals surface area contributed by atoms with E-state index in [0.29, 0.717) is 19.0 Å². The molecule has 1 aliphatic heterocycles. The van der Waals surface area contributed by atoms with E-state index in [1.807, 2.05) is 43.0 Å². The standard InChI is InChI=1S/C22H34N4O3/c1-16(2)23-21(27)20(17-6-4-5-7-17)25-12-14-26(15-13-25)22(28)24-18-8-10-19(29-3)11-9-18/h8-11,16-17,20H,4-7,12-15H2,1-3H3,(H,23,27)(H,24,28)/t20-/m0/s1. The summed E-state index contributed by atoms with van der Waals surface area (Å²) in [6.07, 6.45) is 4.66. The van der Waals surface area contributed by atoms with Gasteiger partial charge in [-0.15, -0.1) is 0 Å². The summed E-state index contributed by atoms with van der Waals surface area (Å²) in [6.45, 7) is 6.71. The van der Waals surface area contributed by atoms with Crippen LogP contribution in [0.4, 0.5) is 10.5 Å². The highest BCUT2D eigenvalue weighted by atomic mass is 16.5. The van der Waals surface area contributed by atoms with Crippen LogP contribution in [0.2, 0.25) is 0 Å². The van der Waals surface area contributed by atoms with Gasteiger partial charge in [-0.3, -0.25) is 9.69 Å². The molecular formula is C22H34N4O3. The first kappa shape index (κ1) is 21.4. The average molecular weight is 403 g/mol. The quantitative estimate of drug-likeness (QED) is 0.767. The Bertz CT molecular complexity index is 678. The number of amides is 3. The number of nitrogens with one attached hydrogen (secondary N) is 2. The third kappa shape index (κ3) is 5.63. The van der Waals surface area contributed by atoms with Crippen LogP contribution in [-0.4, -0.2) is 67.1 Å². The number of carbonyl (C=O) groups excluding carboxylic acids is 2. The first-order chi connectivity index (χ1) is 14.0. The van der Waals surface area contributed by atoms with Crippen LogP contribution in [-0.2, 0) is 4.79 Å². The predicted octanol–water partition coefficient (Wildman–Crippen LogP) is 2.93. The van der Waals surface area contributed by atoms with Crippen LogP contribution in [0.15, 0.2) is 24.3 Å². The maximum Gasteiger partial charge on any atom is 0.321 e. The van der Waals surface area contributed by atoms with Crippen LogP contribution in [0.5, 0.6) is 5.75 Å². The van der Waals surface area contributed by atoms with Gasteiger partial charge in [-0.2, -0.15) is 0 Å². The Kier molecular flexibility index (Phi) is 7.36. The molecule has 160 valence electrons. The fourth-order valence-corrected chi connectivity index (χ4v) is 4.40. The van der Waals surface area contributed by atoms with Crippen molar-refractivity contribution in [3.05, 3.63) is 24.3 Å². The third-order valence-corrected chi connectivity index (χ3v) is 5.88. The number of hydrogen-bond donors (Lipinski definition) is 2. The van der Waals surface area contributed by atoms with Crippen LogP contribution in [0.25, 0.3) is 0 Å². The summed E-state index contributed by atoms with van der Waals surface area (Å²) in [5.74, 6) is 1.32. The number of methoxy groups -OCH3 is 1. The van der Waals surface area contributed by atoms with Crippen molar-refractivity contribution in [1.82, 2.24) is 15.1 Å². The average Bonchev–Trinajstić information content (AvgIpc) is 3.23. The van der Waals surface area contributed by atoms with Crippen molar-refractivity contribution in [3.8, 4) is 5.75 Å². The molecule has 29 heavy (non-hydrogen) atoms. The largest absolute Gasteiger partial charge is 0.497 e. The molecular weight excluding hydrogens is 368 g/mol. The maximum atomic E-state index is 12.9. The Labute approximate surface area is 173 Å². The van der Waals surface area contributed by atoms with E-state index in [0.717, 1.165) is 37.4 Å². The molecule has 1 aromatic rings. The fourth-order valence-electron chi connectivity index (χ4n) is 4.40. The lowest BCUT2D eigenvalue weighted by Gasteiger charge is -2.41. The van der Waals surface area contributed by atoms with Crippen LogP contribution >= 0.6 is 0 Å². The Morgan fingerprint density at radius 2 is 1.66 bits per heavy atom. The smallest absolute Gasteiger partial charge is 0.321 e. The molecule has 0 spiro atoms. The van der Waals surface area contributed by atoms with Gasteiger partial charge in [0.15, 0.2) is 0 Å². The molecule has 1 saturated carbocycles. The summed E-state index contributed by atoms with van der Waals surface area (Å²) in [6, 6.07) is 7.28. The zero-order chi connectivity index (χ0) is 20.8. The minimum atomic E-state index is -0.0983. The van der Waals surface area contributed by atoms with Crippen molar-refractivity contribution in [3.63, 3.8) is 0 Å². The van der Waals surface area contributed by atoms with E-state index in [4.69, 9.17) is 4.74 Å². The van der Waals surface area contributed by atoms with Crippen LogP contribution in [0.1, 0.15) is 39.5 Å². The molecule has 2 aliphatic rings. The monoisotopic (exact) mass is 402 g/mol. The van der Waals surface area contributed by atoms with E-state index in [2.05, 4.69) is 15.5 Å². The van der Waals surface area contributed by atoms with Crippen molar-refractivity contribution in [2.24, 2.45) is 5.92 Å². The van der Waals surface area contributed by atoms with Gasteiger partial charge in [0.25, 0.3) is 0 Å². The third-order valence-electron chi connectivity index (χ3n) is 5.88. The molecule has 0 unspecified atom stereocenters. The van der Waals surface area contributed by atoms with E-state index < -0.39 is 0 Å². The molecule has 7 heteroatoms. The maximum absolute atomic E-state index is 12.9. The summed E-state index contributed by atoms with van der Waals surface area (Å²) in [4.78, 5) is 29.6. The predicted molar refractivity (Wildman–Crippen MR) is 114 cm³/mol. The van der Waals surface area contributed by atoms with Crippen molar-refractivity contribution >= 4 is 17.6 Å². The van der Waals surface area contributed by atoms with E-state index in [-0.39, 0.29) is 24.0 Å². The molecule has 3 rings (SSSR count). The molecule has 0 aromatic heterocycles. The van der Waals surface area contributed by atoms with Gasteiger partial charge in [-0.05, 0) is 56.9 Å². The van der Waals surface area contributed by atoms with Crippen molar-refractivity contribution in [1.29, 1.82) is 0 Å². The highest BCUT2D eigenvalue weighted by Gasteiger charge is 2.37. The minimum absolute atomic E-state index is 0.0771. The molecule has 0 radical (unpaired) electrons. The molecule has 2 N–H and O–H groups in total. The molecule has 1 aliphatic carbocycles. The Hall–Kier alpha value is -2.28. The first-order valence-electron chi connectivity index (χ1n) is 10.7. The van der Waals surface area contributed by atoms with Gasteiger partial charge in [0, 0.05) is 37.9 Å². The molecule has 1 atom stereocenters. The fraction of sp³-hybridized carbons (Fsp3) is 0.636. The number of urea groups is 1. The molecule has 1 heterocycles. The molecule has 0 bridgehead atoms. The number of carbonyl (C=O) groups is 2. The number of anilines is 1. The summed E-state index contributed by atoms with van der Waals surface area (Å²) >= 11 is 0.